The Balaban J connectivity index is 1.65. The standard InChI is InChI=1S/C27H28ClN3O6S/c1-36-24-14-13-21(17-25(24)37-2)38(34,35)31(20-11-9-19(28)10-12-20)18-26(32)29-23-8-4-3-7-22(23)27(33)30-15-5-6-16-30/h3-4,7-14,17H,5-6,15-16,18H2,1-2H3,(H,29,32). The van der Waals surface area contributed by atoms with Crippen LogP contribution in [0.2, 0.25) is 5.02 Å². The van der Waals surface area contributed by atoms with Gasteiger partial charge >= 0.3 is 0 Å². The van der Waals surface area contributed by atoms with E-state index >= 15 is 0 Å². The van der Waals surface area contributed by atoms with Crippen molar-refractivity contribution in [3.05, 3.63) is 77.3 Å². The third-order valence-electron chi connectivity index (χ3n) is 6.17. The second-order valence-electron chi connectivity index (χ2n) is 8.60. The van der Waals surface area contributed by atoms with Gasteiger partial charge in [0.25, 0.3) is 15.9 Å². The molecule has 3 aromatic carbocycles. The van der Waals surface area contributed by atoms with Gasteiger partial charge in [-0.05, 0) is 61.4 Å². The van der Waals surface area contributed by atoms with Gasteiger partial charge in [0.15, 0.2) is 11.5 Å². The number of sulfonamides is 1. The number of carbonyl (C=O) groups excluding carboxylic acids is 2. The molecule has 1 aliphatic rings. The number of para-hydroxylation sites is 1. The Hall–Kier alpha value is -3.76. The number of anilines is 2. The summed E-state index contributed by atoms with van der Waals surface area (Å²) >= 11 is 6.02. The van der Waals surface area contributed by atoms with Gasteiger partial charge in [-0.1, -0.05) is 23.7 Å². The van der Waals surface area contributed by atoms with Crippen molar-refractivity contribution in [1.29, 1.82) is 0 Å². The Labute approximate surface area is 227 Å². The number of likely N-dealkylation sites (tertiary alicyclic amines) is 1. The van der Waals surface area contributed by atoms with Gasteiger partial charge in [0.1, 0.15) is 6.54 Å². The second kappa shape index (κ2) is 11.7. The molecule has 9 nitrogen and oxygen atoms in total. The highest BCUT2D eigenvalue weighted by Gasteiger charge is 2.29. The fraction of sp³-hybridized carbons (Fsp3) is 0.259. The minimum atomic E-state index is -4.23. The minimum Gasteiger partial charge on any atom is -0.493 e. The lowest BCUT2D eigenvalue weighted by Gasteiger charge is -2.25. The maximum absolute atomic E-state index is 13.8. The van der Waals surface area contributed by atoms with E-state index in [4.69, 9.17) is 21.1 Å². The van der Waals surface area contributed by atoms with Crippen LogP contribution in [0.25, 0.3) is 0 Å². The summed E-state index contributed by atoms with van der Waals surface area (Å²) in [6, 6.07) is 17.0. The van der Waals surface area contributed by atoms with Crippen molar-refractivity contribution >= 4 is 44.8 Å². The SMILES string of the molecule is COc1ccc(S(=O)(=O)N(CC(=O)Nc2ccccc2C(=O)N2CCCC2)c2ccc(Cl)cc2)cc1OC. The molecule has 0 saturated carbocycles. The summed E-state index contributed by atoms with van der Waals surface area (Å²) < 4.78 is 39.0. The molecule has 1 saturated heterocycles. The number of methoxy groups -OCH3 is 2. The number of amides is 2. The predicted octanol–water partition coefficient (Wildman–Crippen LogP) is 4.43. The number of hydrogen-bond acceptors (Lipinski definition) is 6. The number of rotatable bonds is 9. The molecule has 0 aromatic heterocycles. The van der Waals surface area contributed by atoms with Gasteiger partial charge in [0, 0.05) is 24.2 Å². The van der Waals surface area contributed by atoms with E-state index in [-0.39, 0.29) is 22.2 Å². The van der Waals surface area contributed by atoms with Crippen molar-refractivity contribution in [1.82, 2.24) is 4.90 Å². The number of nitrogens with zero attached hydrogens (tertiary/aromatic N) is 2. The molecule has 0 spiro atoms. The number of benzene rings is 3. The van der Waals surface area contributed by atoms with Crippen LogP contribution in [-0.2, 0) is 14.8 Å². The number of nitrogens with one attached hydrogen (secondary N) is 1. The third-order valence-corrected chi connectivity index (χ3v) is 8.19. The zero-order chi connectivity index (χ0) is 27.3. The smallest absolute Gasteiger partial charge is 0.264 e. The van der Waals surface area contributed by atoms with Gasteiger partial charge in [-0.15, -0.1) is 0 Å². The van der Waals surface area contributed by atoms with Crippen LogP contribution in [0, 0.1) is 0 Å². The Kier molecular flexibility index (Phi) is 8.43. The molecule has 1 N–H and O–H groups in total. The van der Waals surface area contributed by atoms with Crippen LogP contribution in [0.4, 0.5) is 11.4 Å². The van der Waals surface area contributed by atoms with Crippen LogP contribution in [0.1, 0.15) is 23.2 Å². The molecule has 0 radical (unpaired) electrons. The number of ether oxygens (including phenoxy) is 2. The monoisotopic (exact) mass is 557 g/mol. The first-order valence-corrected chi connectivity index (χ1v) is 13.7. The van der Waals surface area contributed by atoms with E-state index in [1.54, 1.807) is 29.2 Å². The lowest BCUT2D eigenvalue weighted by Crippen LogP contribution is -2.38. The molecule has 0 aliphatic carbocycles. The molecule has 1 fully saturated rings. The molecule has 1 heterocycles. The van der Waals surface area contributed by atoms with Crippen LogP contribution < -0.4 is 19.1 Å². The molecule has 4 rings (SSSR count). The first-order chi connectivity index (χ1) is 18.2. The molecule has 0 atom stereocenters. The molecule has 1 aliphatic heterocycles. The van der Waals surface area contributed by atoms with Gasteiger partial charge in [0.2, 0.25) is 5.91 Å². The summed E-state index contributed by atoms with van der Waals surface area (Å²) in [5, 5.41) is 3.14. The van der Waals surface area contributed by atoms with Crippen molar-refractivity contribution < 1.29 is 27.5 Å². The van der Waals surface area contributed by atoms with Crippen LogP contribution >= 0.6 is 11.6 Å². The van der Waals surface area contributed by atoms with Crippen molar-refractivity contribution in [2.24, 2.45) is 0 Å². The summed E-state index contributed by atoms with van der Waals surface area (Å²) in [5.41, 5.74) is 0.901. The normalized spacial score (nSPS) is 13.2. The minimum absolute atomic E-state index is 0.0949. The van der Waals surface area contributed by atoms with Crippen LogP contribution in [0.15, 0.2) is 71.6 Å². The highest BCUT2D eigenvalue weighted by atomic mass is 35.5. The summed E-state index contributed by atoms with van der Waals surface area (Å²) in [7, 11) is -1.38. The summed E-state index contributed by atoms with van der Waals surface area (Å²) in [5.74, 6) is -0.207. The lowest BCUT2D eigenvalue weighted by molar-refractivity contribution is -0.114. The second-order valence-corrected chi connectivity index (χ2v) is 10.9. The van der Waals surface area contributed by atoms with Crippen molar-refractivity contribution in [2.45, 2.75) is 17.7 Å². The van der Waals surface area contributed by atoms with E-state index in [1.807, 2.05) is 0 Å². The predicted molar refractivity (Wildman–Crippen MR) is 146 cm³/mol. The van der Waals surface area contributed by atoms with Crippen molar-refractivity contribution in [3.8, 4) is 11.5 Å². The van der Waals surface area contributed by atoms with Crippen molar-refractivity contribution in [2.75, 3.05) is 43.5 Å². The van der Waals surface area contributed by atoms with E-state index < -0.39 is 22.5 Å². The fourth-order valence-corrected chi connectivity index (χ4v) is 5.78. The van der Waals surface area contributed by atoms with Gasteiger partial charge < -0.3 is 19.7 Å². The highest BCUT2D eigenvalue weighted by Crippen LogP contribution is 2.32. The zero-order valence-electron chi connectivity index (χ0n) is 21.0. The molecule has 0 unspecified atom stereocenters. The summed E-state index contributed by atoms with van der Waals surface area (Å²) in [6.45, 7) is 0.772. The van der Waals surface area contributed by atoms with E-state index in [0.29, 0.717) is 35.1 Å². The summed E-state index contributed by atoms with van der Waals surface area (Å²) in [4.78, 5) is 27.9. The Morgan fingerprint density at radius 2 is 1.61 bits per heavy atom. The molecule has 2 amide bonds. The maximum Gasteiger partial charge on any atom is 0.264 e. The van der Waals surface area contributed by atoms with Crippen LogP contribution in [0.5, 0.6) is 11.5 Å². The van der Waals surface area contributed by atoms with Crippen LogP contribution in [-0.4, -0.2) is 59.0 Å². The highest BCUT2D eigenvalue weighted by molar-refractivity contribution is 7.92. The molecule has 0 bridgehead atoms. The first kappa shape index (κ1) is 27.3. The average molecular weight is 558 g/mol. The molecular formula is C27H28ClN3O6S. The van der Waals surface area contributed by atoms with Gasteiger partial charge in [0.05, 0.1) is 36.1 Å². The lowest BCUT2D eigenvalue weighted by atomic mass is 10.1. The molecular weight excluding hydrogens is 530 g/mol. The largest absolute Gasteiger partial charge is 0.493 e. The van der Waals surface area contributed by atoms with Gasteiger partial charge in [-0.2, -0.15) is 0 Å². The Morgan fingerprint density at radius 1 is 0.947 bits per heavy atom. The van der Waals surface area contributed by atoms with Gasteiger partial charge in [-0.25, -0.2) is 8.42 Å². The fourth-order valence-electron chi connectivity index (χ4n) is 4.22. The Bertz CT molecular complexity index is 1420. The van der Waals surface area contributed by atoms with E-state index in [2.05, 4.69) is 5.32 Å². The van der Waals surface area contributed by atoms with Gasteiger partial charge in [-0.3, -0.25) is 13.9 Å². The quantitative estimate of drug-likeness (QED) is 0.417. The molecule has 38 heavy (non-hydrogen) atoms. The van der Waals surface area contributed by atoms with Crippen LogP contribution in [0.3, 0.4) is 0 Å². The maximum atomic E-state index is 13.8. The summed E-state index contributed by atoms with van der Waals surface area (Å²) in [6.07, 6.45) is 1.87. The number of hydrogen-bond donors (Lipinski definition) is 1. The third kappa shape index (κ3) is 5.87. The molecule has 200 valence electrons. The van der Waals surface area contributed by atoms with Crippen molar-refractivity contribution in [3.63, 3.8) is 0 Å². The average Bonchev–Trinajstić information content (AvgIpc) is 3.47. The topological polar surface area (TPSA) is 105 Å². The van der Waals surface area contributed by atoms with E-state index in [1.165, 1.54) is 56.7 Å². The van der Waals surface area contributed by atoms with E-state index in [9.17, 15) is 18.0 Å². The molecule has 11 heteroatoms. The molecule has 3 aromatic rings. The number of halogens is 1. The Morgan fingerprint density at radius 3 is 2.26 bits per heavy atom. The first-order valence-electron chi connectivity index (χ1n) is 11.9. The zero-order valence-corrected chi connectivity index (χ0v) is 22.6. The number of carbonyl (C=O) groups is 2. The van der Waals surface area contributed by atoms with E-state index in [0.717, 1.165) is 17.1 Å².